The number of benzene rings is 2. The summed E-state index contributed by atoms with van der Waals surface area (Å²) in [4.78, 5) is 24.2. The van der Waals surface area contributed by atoms with Crippen LogP contribution in [0.1, 0.15) is 35.7 Å². The molecular weight excluding hydrogens is 330 g/mol. The van der Waals surface area contributed by atoms with Gasteiger partial charge >= 0.3 is 0 Å². The smallest absolute Gasteiger partial charge is 0.248 e. The lowest BCUT2D eigenvalue weighted by molar-refractivity contribution is -0.111. The topological polar surface area (TPSA) is 64.6 Å². The highest BCUT2D eigenvalue weighted by molar-refractivity contribution is 6.09. The van der Waals surface area contributed by atoms with Crippen molar-refractivity contribution in [3.05, 3.63) is 65.7 Å². The van der Waals surface area contributed by atoms with Crippen LogP contribution in [0.5, 0.6) is 11.5 Å². The molecule has 0 atom stereocenters. The maximum absolute atomic E-state index is 12.2. The van der Waals surface area contributed by atoms with Crippen molar-refractivity contribution in [1.82, 2.24) is 0 Å². The second-order valence-corrected chi connectivity index (χ2v) is 6.06. The Morgan fingerprint density at radius 2 is 1.50 bits per heavy atom. The van der Waals surface area contributed by atoms with Gasteiger partial charge in [-0.1, -0.05) is 38.1 Å². The molecule has 0 heterocycles. The molecule has 0 aliphatic rings. The number of hydrogen-bond acceptors (Lipinski definition) is 4. The summed E-state index contributed by atoms with van der Waals surface area (Å²) in [5.41, 5.74) is 2.22. The number of rotatable bonds is 7. The number of methoxy groups -OCH3 is 2. The Labute approximate surface area is 153 Å². The minimum atomic E-state index is -0.410. The lowest BCUT2D eigenvalue weighted by atomic mass is 10.0. The fraction of sp³-hybridized carbons (Fsp3) is 0.238. The molecule has 136 valence electrons. The van der Waals surface area contributed by atoms with Gasteiger partial charge in [0.2, 0.25) is 5.91 Å². The fourth-order valence-electron chi connectivity index (χ4n) is 2.34. The van der Waals surface area contributed by atoms with Gasteiger partial charge in [-0.25, -0.2) is 0 Å². The molecule has 0 bridgehead atoms. The van der Waals surface area contributed by atoms with Crippen molar-refractivity contribution in [3.63, 3.8) is 0 Å². The van der Waals surface area contributed by atoms with Gasteiger partial charge in [-0.15, -0.1) is 0 Å². The lowest BCUT2D eigenvalue weighted by Crippen LogP contribution is -2.09. The first-order valence-corrected chi connectivity index (χ1v) is 8.29. The van der Waals surface area contributed by atoms with Crippen LogP contribution in [0.2, 0.25) is 0 Å². The zero-order valence-corrected chi connectivity index (χ0v) is 15.4. The van der Waals surface area contributed by atoms with E-state index in [0.29, 0.717) is 28.7 Å². The van der Waals surface area contributed by atoms with Gasteiger partial charge in [-0.05, 0) is 17.6 Å². The zero-order valence-electron chi connectivity index (χ0n) is 15.4. The third-order valence-electron chi connectivity index (χ3n) is 3.87. The van der Waals surface area contributed by atoms with Crippen molar-refractivity contribution in [2.24, 2.45) is 0 Å². The van der Waals surface area contributed by atoms with Gasteiger partial charge in [0, 0.05) is 35.5 Å². The van der Waals surface area contributed by atoms with E-state index in [1.165, 1.54) is 26.4 Å². The summed E-state index contributed by atoms with van der Waals surface area (Å²) >= 11 is 0. The molecule has 5 heteroatoms. The van der Waals surface area contributed by atoms with E-state index >= 15 is 0 Å². The number of carbonyl (C=O) groups excluding carboxylic acids is 2. The molecule has 0 saturated carbocycles. The summed E-state index contributed by atoms with van der Waals surface area (Å²) < 4.78 is 10.3. The highest BCUT2D eigenvalue weighted by atomic mass is 16.5. The molecule has 2 aromatic carbocycles. The van der Waals surface area contributed by atoms with E-state index in [1.807, 2.05) is 12.1 Å². The summed E-state index contributed by atoms with van der Waals surface area (Å²) in [6.07, 6.45) is 2.47. The van der Waals surface area contributed by atoms with Gasteiger partial charge in [0.05, 0.1) is 14.2 Å². The van der Waals surface area contributed by atoms with E-state index < -0.39 is 5.91 Å². The Morgan fingerprint density at radius 3 is 2.00 bits per heavy atom. The predicted molar refractivity (Wildman–Crippen MR) is 102 cm³/mol. The summed E-state index contributed by atoms with van der Waals surface area (Å²) in [6, 6.07) is 12.4. The van der Waals surface area contributed by atoms with Crippen LogP contribution in [0.3, 0.4) is 0 Å². The standard InChI is InChI=1S/C21H23NO4/c1-14(2)15-5-7-16(8-6-15)20(23)9-10-21(24)22-17-11-18(25-3)13-19(12-17)26-4/h5-14H,1-4H3,(H,22,24)/b10-9+. The monoisotopic (exact) mass is 353 g/mol. The zero-order chi connectivity index (χ0) is 19.1. The quantitative estimate of drug-likeness (QED) is 0.598. The van der Waals surface area contributed by atoms with Crippen molar-refractivity contribution in [1.29, 1.82) is 0 Å². The highest BCUT2D eigenvalue weighted by Gasteiger charge is 2.07. The van der Waals surface area contributed by atoms with Crippen LogP contribution < -0.4 is 14.8 Å². The van der Waals surface area contributed by atoms with Crippen LogP contribution in [0, 0.1) is 0 Å². The average molecular weight is 353 g/mol. The van der Waals surface area contributed by atoms with E-state index in [2.05, 4.69) is 19.2 Å². The predicted octanol–water partition coefficient (Wildman–Crippen LogP) is 4.20. The molecule has 0 saturated heterocycles. The van der Waals surface area contributed by atoms with Crippen LogP contribution in [-0.2, 0) is 4.79 Å². The number of nitrogens with one attached hydrogen (secondary N) is 1. The van der Waals surface area contributed by atoms with Crippen molar-refractivity contribution in [2.45, 2.75) is 19.8 Å². The molecule has 2 aromatic rings. The molecule has 2 rings (SSSR count). The van der Waals surface area contributed by atoms with Crippen molar-refractivity contribution < 1.29 is 19.1 Å². The molecule has 0 aliphatic heterocycles. The van der Waals surface area contributed by atoms with Gasteiger partial charge in [0.15, 0.2) is 5.78 Å². The van der Waals surface area contributed by atoms with Crippen molar-refractivity contribution in [2.75, 3.05) is 19.5 Å². The molecule has 0 aliphatic carbocycles. The number of amides is 1. The number of ketones is 1. The third-order valence-corrected chi connectivity index (χ3v) is 3.87. The third kappa shape index (κ3) is 5.21. The Morgan fingerprint density at radius 1 is 0.923 bits per heavy atom. The molecule has 0 fully saturated rings. The van der Waals surface area contributed by atoms with E-state index in [4.69, 9.17) is 9.47 Å². The molecule has 1 N–H and O–H groups in total. The number of carbonyl (C=O) groups is 2. The first-order valence-electron chi connectivity index (χ1n) is 8.29. The Kier molecular flexibility index (Phi) is 6.55. The Hall–Kier alpha value is -3.08. The van der Waals surface area contributed by atoms with Crippen LogP contribution in [0.4, 0.5) is 5.69 Å². The summed E-state index contributed by atoms with van der Waals surface area (Å²) in [5, 5.41) is 2.68. The summed E-state index contributed by atoms with van der Waals surface area (Å²) in [6.45, 7) is 4.18. The maximum Gasteiger partial charge on any atom is 0.248 e. The fourth-order valence-corrected chi connectivity index (χ4v) is 2.34. The van der Waals surface area contributed by atoms with E-state index in [0.717, 1.165) is 5.56 Å². The molecular formula is C21H23NO4. The van der Waals surface area contributed by atoms with Gasteiger partial charge in [-0.2, -0.15) is 0 Å². The molecule has 0 unspecified atom stereocenters. The molecule has 5 nitrogen and oxygen atoms in total. The van der Waals surface area contributed by atoms with Gasteiger partial charge in [-0.3, -0.25) is 9.59 Å². The first-order chi connectivity index (χ1) is 12.4. The molecule has 0 spiro atoms. The first kappa shape index (κ1) is 19.2. The van der Waals surface area contributed by atoms with Crippen LogP contribution in [0.25, 0.3) is 0 Å². The molecule has 0 radical (unpaired) electrons. The minimum absolute atomic E-state index is 0.223. The number of ether oxygens (including phenoxy) is 2. The van der Waals surface area contributed by atoms with E-state index in [9.17, 15) is 9.59 Å². The summed E-state index contributed by atoms with van der Waals surface area (Å²) in [7, 11) is 3.06. The van der Waals surface area contributed by atoms with Crippen molar-refractivity contribution >= 4 is 17.4 Å². The van der Waals surface area contributed by atoms with Gasteiger partial charge in [0.25, 0.3) is 0 Å². The van der Waals surface area contributed by atoms with Crippen LogP contribution >= 0.6 is 0 Å². The SMILES string of the molecule is COc1cc(NC(=O)/C=C/C(=O)c2ccc(C(C)C)cc2)cc(OC)c1. The molecule has 0 aromatic heterocycles. The number of allylic oxidation sites excluding steroid dienone is 1. The Balaban J connectivity index is 2.03. The largest absolute Gasteiger partial charge is 0.497 e. The number of anilines is 1. The normalized spacial score (nSPS) is 10.8. The number of hydrogen-bond donors (Lipinski definition) is 1. The Bertz CT molecular complexity index is 785. The van der Waals surface area contributed by atoms with Crippen LogP contribution in [-0.4, -0.2) is 25.9 Å². The average Bonchev–Trinajstić information content (AvgIpc) is 2.65. The maximum atomic E-state index is 12.2. The minimum Gasteiger partial charge on any atom is -0.497 e. The molecule has 26 heavy (non-hydrogen) atoms. The summed E-state index contributed by atoms with van der Waals surface area (Å²) in [5.74, 6) is 0.890. The lowest BCUT2D eigenvalue weighted by Gasteiger charge is -2.08. The van der Waals surface area contributed by atoms with Gasteiger partial charge in [0.1, 0.15) is 11.5 Å². The van der Waals surface area contributed by atoms with Crippen molar-refractivity contribution in [3.8, 4) is 11.5 Å². The highest BCUT2D eigenvalue weighted by Crippen LogP contribution is 2.25. The van der Waals surface area contributed by atoms with E-state index in [-0.39, 0.29) is 5.78 Å². The van der Waals surface area contributed by atoms with Gasteiger partial charge < -0.3 is 14.8 Å². The van der Waals surface area contributed by atoms with E-state index in [1.54, 1.807) is 30.3 Å². The molecule has 1 amide bonds. The second kappa shape index (κ2) is 8.85. The van der Waals surface area contributed by atoms with Crippen LogP contribution in [0.15, 0.2) is 54.6 Å². The second-order valence-electron chi connectivity index (χ2n) is 6.06.